The second-order valence-corrected chi connectivity index (χ2v) is 3.65. The Kier molecular flexibility index (Phi) is 4.35. The molecule has 0 fully saturated rings. The van der Waals surface area contributed by atoms with Crippen LogP contribution >= 0.6 is 0 Å². The predicted octanol–water partition coefficient (Wildman–Crippen LogP) is 2.78. The third-order valence-electron chi connectivity index (χ3n) is 2.60. The zero-order valence-corrected chi connectivity index (χ0v) is 10.4. The molecule has 0 aromatic heterocycles. The fourth-order valence-corrected chi connectivity index (χ4v) is 1.71. The van der Waals surface area contributed by atoms with Crippen molar-refractivity contribution in [3.05, 3.63) is 28.8 Å². The van der Waals surface area contributed by atoms with Gasteiger partial charge in [0.05, 0.1) is 12.2 Å². The highest BCUT2D eigenvalue weighted by Gasteiger charge is 2.12. The van der Waals surface area contributed by atoms with Crippen molar-refractivity contribution in [1.29, 1.82) is 0 Å². The molecule has 0 aliphatic rings. The second kappa shape index (κ2) is 5.54. The van der Waals surface area contributed by atoms with E-state index in [-0.39, 0.29) is 5.97 Å². The Morgan fingerprint density at radius 3 is 2.56 bits per heavy atom. The van der Waals surface area contributed by atoms with Gasteiger partial charge in [0.1, 0.15) is 0 Å². The highest BCUT2D eigenvalue weighted by molar-refractivity contribution is 5.92. The topological polar surface area (TPSA) is 38.3 Å². The van der Waals surface area contributed by atoms with Gasteiger partial charge in [-0.15, -0.1) is 0 Å². The largest absolute Gasteiger partial charge is 0.462 e. The van der Waals surface area contributed by atoms with E-state index in [4.69, 9.17) is 4.74 Å². The van der Waals surface area contributed by atoms with Gasteiger partial charge in [0.25, 0.3) is 0 Å². The zero-order valence-electron chi connectivity index (χ0n) is 10.4. The van der Waals surface area contributed by atoms with E-state index in [1.807, 2.05) is 33.0 Å². The summed E-state index contributed by atoms with van der Waals surface area (Å²) in [6.45, 7) is 6.22. The van der Waals surface area contributed by atoms with Crippen molar-refractivity contribution in [3.63, 3.8) is 0 Å². The molecule has 0 saturated heterocycles. The van der Waals surface area contributed by atoms with Gasteiger partial charge in [-0.25, -0.2) is 4.79 Å². The van der Waals surface area contributed by atoms with Gasteiger partial charge in [0.2, 0.25) is 0 Å². The summed E-state index contributed by atoms with van der Waals surface area (Å²) in [4.78, 5) is 11.7. The van der Waals surface area contributed by atoms with E-state index < -0.39 is 0 Å². The molecular weight excluding hydrogens is 202 g/mol. The van der Waals surface area contributed by atoms with Crippen molar-refractivity contribution in [2.45, 2.75) is 27.2 Å². The molecular formula is C13H19NO2. The maximum absolute atomic E-state index is 11.7. The van der Waals surface area contributed by atoms with E-state index in [2.05, 4.69) is 12.2 Å². The third kappa shape index (κ3) is 2.54. The molecule has 0 saturated carbocycles. The lowest BCUT2D eigenvalue weighted by Gasteiger charge is -2.12. The number of hydrogen-bond donors (Lipinski definition) is 1. The normalized spacial score (nSPS) is 10.0. The first-order valence-corrected chi connectivity index (χ1v) is 5.62. The predicted molar refractivity (Wildman–Crippen MR) is 66.1 cm³/mol. The van der Waals surface area contributed by atoms with Crippen molar-refractivity contribution >= 4 is 11.7 Å². The van der Waals surface area contributed by atoms with Crippen LogP contribution in [0.5, 0.6) is 0 Å². The average molecular weight is 221 g/mol. The Balaban J connectivity index is 3.15. The van der Waals surface area contributed by atoms with E-state index >= 15 is 0 Å². The number of benzene rings is 1. The molecule has 1 aromatic rings. The van der Waals surface area contributed by atoms with Crippen molar-refractivity contribution in [2.75, 3.05) is 19.0 Å². The fourth-order valence-electron chi connectivity index (χ4n) is 1.71. The van der Waals surface area contributed by atoms with Gasteiger partial charge in [0, 0.05) is 12.7 Å². The second-order valence-electron chi connectivity index (χ2n) is 3.65. The van der Waals surface area contributed by atoms with E-state index in [0.717, 1.165) is 23.2 Å². The molecule has 0 spiro atoms. The molecule has 0 heterocycles. The lowest BCUT2D eigenvalue weighted by atomic mass is 10.0. The number of esters is 1. The Morgan fingerprint density at radius 2 is 2.06 bits per heavy atom. The quantitative estimate of drug-likeness (QED) is 0.794. The fraction of sp³-hybridized carbons (Fsp3) is 0.462. The summed E-state index contributed by atoms with van der Waals surface area (Å²) in [6, 6.07) is 3.91. The Morgan fingerprint density at radius 1 is 1.38 bits per heavy atom. The number of carbonyl (C=O) groups excluding carboxylic acids is 1. The SMILES string of the molecule is CCOC(=O)c1cc(CC)c(NC)cc1C. The molecule has 3 heteroatoms. The minimum absolute atomic E-state index is 0.239. The van der Waals surface area contributed by atoms with Crippen molar-refractivity contribution in [2.24, 2.45) is 0 Å². The first-order chi connectivity index (χ1) is 7.63. The van der Waals surface area contributed by atoms with Gasteiger partial charge in [-0.2, -0.15) is 0 Å². The first kappa shape index (κ1) is 12.6. The number of carbonyl (C=O) groups is 1. The van der Waals surface area contributed by atoms with Crippen LogP contribution in [0.1, 0.15) is 35.3 Å². The zero-order chi connectivity index (χ0) is 12.1. The van der Waals surface area contributed by atoms with Crippen LogP contribution < -0.4 is 5.32 Å². The number of aryl methyl sites for hydroxylation is 2. The van der Waals surface area contributed by atoms with Crippen molar-refractivity contribution in [1.82, 2.24) is 0 Å². The smallest absolute Gasteiger partial charge is 0.338 e. The molecule has 16 heavy (non-hydrogen) atoms. The van der Waals surface area contributed by atoms with Gasteiger partial charge in [-0.1, -0.05) is 6.92 Å². The van der Waals surface area contributed by atoms with Crippen LogP contribution in [0.15, 0.2) is 12.1 Å². The minimum atomic E-state index is -0.239. The van der Waals surface area contributed by atoms with E-state index in [0.29, 0.717) is 12.2 Å². The summed E-state index contributed by atoms with van der Waals surface area (Å²) in [6.07, 6.45) is 0.892. The van der Waals surface area contributed by atoms with Crippen LogP contribution in [0.4, 0.5) is 5.69 Å². The molecule has 0 atom stereocenters. The van der Waals surface area contributed by atoms with Gasteiger partial charge in [-0.3, -0.25) is 0 Å². The molecule has 1 rings (SSSR count). The van der Waals surface area contributed by atoms with Crippen molar-refractivity contribution in [3.8, 4) is 0 Å². The van der Waals surface area contributed by atoms with Crippen LogP contribution in [-0.2, 0) is 11.2 Å². The van der Waals surface area contributed by atoms with Crippen molar-refractivity contribution < 1.29 is 9.53 Å². The Labute approximate surface area is 96.8 Å². The van der Waals surface area contributed by atoms with Crippen LogP contribution in [0, 0.1) is 6.92 Å². The number of hydrogen-bond acceptors (Lipinski definition) is 3. The lowest BCUT2D eigenvalue weighted by molar-refractivity contribution is 0.0525. The van der Waals surface area contributed by atoms with Crippen LogP contribution in [0.25, 0.3) is 0 Å². The van der Waals surface area contributed by atoms with E-state index in [1.54, 1.807) is 0 Å². The maximum Gasteiger partial charge on any atom is 0.338 e. The molecule has 0 unspecified atom stereocenters. The highest BCUT2D eigenvalue weighted by atomic mass is 16.5. The summed E-state index contributed by atoms with van der Waals surface area (Å²) in [5.74, 6) is -0.239. The van der Waals surface area contributed by atoms with Gasteiger partial charge < -0.3 is 10.1 Å². The summed E-state index contributed by atoms with van der Waals surface area (Å²) in [7, 11) is 1.89. The molecule has 0 aliphatic carbocycles. The first-order valence-electron chi connectivity index (χ1n) is 5.62. The van der Waals surface area contributed by atoms with E-state index in [1.165, 1.54) is 0 Å². The summed E-state index contributed by atoms with van der Waals surface area (Å²) < 4.78 is 5.02. The van der Waals surface area contributed by atoms with Crippen LogP contribution in [-0.4, -0.2) is 19.6 Å². The molecule has 0 bridgehead atoms. The van der Waals surface area contributed by atoms with Gasteiger partial charge >= 0.3 is 5.97 Å². The summed E-state index contributed by atoms with van der Waals surface area (Å²) in [5, 5.41) is 3.13. The molecule has 0 amide bonds. The standard InChI is InChI=1S/C13H19NO2/c1-5-10-8-11(13(15)16-6-2)9(3)7-12(10)14-4/h7-8,14H,5-6H2,1-4H3. The lowest BCUT2D eigenvalue weighted by Crippen LogP contribution is -2.08. The maximum atomic E-state index is 11.7. The molecule has 1 aromatic carbocycles. The number of nitrogens with one attached hydrogen (secondary N) is 1. The monoisotopic (exact) mass is 221 g/mol. The molecule has 88 valence electrons. The number of anilines is 1. The minimum Gasteiger partial charge on any atom is -0.462 e. The Hall–Kier alpha value is -1.51. The van der Waals surface area contributed by atoms with Gasteiger partial charge in [-0.05, 0) is 43.5 Å². The van der Waals surface area contributed by atoms with Gasteiger partial charge in [0.15, 0.2) is 0 Å². The molecule has 1 N–H and O–H groups in total. The molecule has 0 aliphatic heterocycles. The highest BCUT2D eigenvalue weighted by Crippen LogP contribution is 2.22. The summed E-state index contributed by atoms with van der Waals surface area (Å²) in [5.41, 5.74) is 3.82. The van der Waals surface area contributed by atoms with Crippen LogP contribution in [0.2, 0.25) is 0 Å². The van der Waals surface area contributed by atoms with E-state index in [9.17, 15) is 4.79 Å². The molecule has 0 radical (unpaired) electrons. The molecule has 3 nitrogen and oxygen atoms in total. The Bertz CT molecular complexity index is 386. The average Bonchev–Trinajstić information content (AvgIpc) is 2.28. The number of rotatable bonds is 4. The van der Waals surface area contributed by atoms with Crippen LogP contribution in [0.3, 0.4) is 0 Å². The summed E-state index contributed by atoms with van der Waals surface area (Å²) >= 11 is 0. The third-order valence-corrected chi connectivity index (χ3v) is 2.60. The number of ether oxygens (including phenoxy) is 1.